The maximum Gasteiger partial charge on any atom is 0.332 e. The fourth-order valence-electron chi connectivity index (χ4n) is 6.42. The zero-order chi connectivity index (χ0) is 41.9. The average Bonchev–Trinajstić information content (AvgIpc) is 3.60. The second kappa shape index (κ2) is 28.6. The number of methoxy groups -OCH3 is 1. The number of esters is 1. The van der Waals surface area contributed by atoms with Gasteiger partial charge in [-0.1, -0.05) is 43.5 Å². The molecule has 3 aromatic rings. The van der Waals surface area contributed by atoms with E-state index < -0.39 is 5.97 Å². The number of imidazole rings is 1. The second-order valence-corrected chi connectivity index (χ2v) is 13.9. The Morgan fingerprint density at radius 3 is 1.58 bits per heavy atom. The molecule has 1 aliphatic rings. The van der Waals surface area contributed by atoms with E-state index in [0.29, 0.717) is 135 Å². The summed E-state index contributed by atoms with van der Waals surface area (Å²) in [6, 6.07) is 7.46. The SMILES string of the molecule is COCCOCCOCCOCCOCCOCCOCCOCCOCCOC(=O)/C=C/c1ccc(-c2nc3c(c(=O)n(C)c(=O)n3CC3CCCCC3)n2C)cc1. The highest BCUT2D eigenvalue weighted by Crippen LogP contribution is 2.27. The van der Waals surface area contributed by atoms with Crippen LogP contribution in [0.2, 0.25) is 0 Å². The van der Waals surface area contributed by atoms with E-state index >= 15 is 0 Å². The summed E-state index contributed by atoms with van der Waals surface area (Å²) in [5.74, 6) is 0.495. The van der Waals surface area contributed by atoms with Gasteiger partial charge in [0.25, 0.3) is 5.56 Å². The van der Waals surface area contributed by atoms with Crippen LogP contribution in [0.15, 0.2) is 39.9 Å². The molecule has 1 fully saturated rings. The summed E-state index contributed by atoms with van der Waals surface area (Å²) in [6.07, 6.45) is 8.71. The standard InChI is InChI=1S/C42H64N4O13/c1-44-38-40(46(42(49)45(2)41(38)48)33-35-7-5-4-6-8-35)43-39(44)36-12-9-34(10-13-36)11-14-37(47)59-32-31-58-30-29-57-28-27-56-26-25-55-24-23-54-22-21-53-20-19-52-18-17-51-16-15-50-3/h9-14,35H,4-8,15-33H2,1-3H3/b14-11+. The summed E-state index contributed by atoms with van der Waals surface area (Å²) < 4.78 is 58.3. The lowest BCUT2D eigenvalue weighted by molar-refractivity contribution is -0.139. The lowest BCUT2D eigenvalue weighted by atomic mass is 9.89. The van der Waals surface area contributed by atoms with E-state index in [1.54, 1.807) is 29.4 Å². The van der Waals surface area contributed by atoms with Crippen LogP contribution in [-0.4, -0.2) is 151 Å². The largest absolute Gasteiger partial charge is 0.460 e. The Bertz CT molecular complexity index is 1770. The Kier molecular flexibility index (Phi) is 23.3. The number of ether oxygens (including phenoxy) is 10. The van der Waals surface area contributed by atoms with Crippen LogP contribution in [0.25, 0.3) is 28.6 Å². The fourth-order valence-corrected chi connectivity index (χ4v) is 6.42. The van der Waals surface area contributed by atoms with Crippen molar-refractivity contribution in [3.8, 4) is 11.4 Å². The van der Waals surface area contributed by atoms with Crippen molar-refractivity contribution in [2.45, 2.75) is 38.6 Å². The number of nitrogens with zero attached hydrogens (tertiary/aromatic N) is 4. The minimum absolute atomic E-state index is 0.116. The molecule has 59 heavy (non-hydrogen) atoms. The number of hydrogen-bond acceptors (Lipinski definition) is 14. The zero-order valence-corrected chi connectivity index (χ0v) is 35.1. The summed E-state index contributed by atoms with van der Waals surface area (Å²) in [5.41, 5.74) is 1.69. The predicted octanol–water partition coefficient (Wildman–Crippen LogP) is 3.02. The molecule has 1 aliphatic carbocycles. The first-order chi connectivity index (χ1) is 28.9. The summed E-state index contributed by atoms with van der Waals surface area (Å²) in [7, 11) is 4.95. The molecule has 17 heteroatoms. The van der Waals surface area contributed by atoms with E-state index in [-0.39, 0.29) is 24.5 Å². The van der Waals surface area contributed by atoms with Crippen LogP contribution in [0.5, 0.6) is 0 Å². The van der Waals surface area contributed by atoms with Gasteiger partial charge in [0.15, 0.2) is 11.2 Å². The Hall–Kier alpha value is -3.78. The summed E-state index contributed by atoms with van der Waals surface area (Å²) >= 11 is 0. The number of aromatic nitrogens is 4. The molecule has 2 aromatic heterocycles. The number of carbonyl (C=O) groups excluding carboxylic acids is 1. The molecule has 0 spiro atoms. The number of rotatable bonds is 32. The van der Waals surface area contributed by atoms with Crippen LogP contribution in [0, 0.1) is 5.92 Å². The Balaban J connectivity index is 0.979. The number of aryl methyl sites for hydroxylation is 1. The second-order valence-electron chi connectivity index (χ2n) is 13.9. The molecule has 2 heterocycles. The van der Waals surface area contributed by atoms with E-state index in [4.69, 9.17) is 52.4 Å². The summed E-state index contributed by atoms with van der Waals surface area (Å²) in [6.45, 7) is 8.69. The van der Waals surface area contributed by atoms with E-state index in [0.717, 1.165) is 36.8 Å². The van der Waals surface area contributed by atoms with E-state index in [1.165, 1.54) is 24.1 Å². The summed E-state index contributed by atoms with van der Waals surface area (Å²) in [5, 5.41) is 0. The molecular formula is C42H64N4O13. The van der Waals surface area contributed by atoms with Gasteiger partial charge in [0.05, 0.1) is 112 Å². The molecular weight excluding hydrogens is 768 g/mol. The van der Waals surface area contributed by atoms with Gasteiger partial charge in [-0.3, -0.25) is 13.9 Å². The van der Waals surface area contributed by atoms with Gasteiger partial charge in [0, 0.05) is 39.4 Å². The molecule has 0 unspecified atom stereocenters. The Morgan fingerprint density at radius 1 is 0.644 bits per heavy atom. The third-order valence-electron chi connectivity index (χ3n) is 9.61. The van der Waals surface area contributed by atoms with Crippen molar-refractivity contribution in [3.63, 3.8) is 0 Å². The molecule has 4 rings (SSSR count). The van der Waals surface area contributed by atoms with Gasteiger partial charge in [-0.25, -0.2) is 14.6 Å². The minimum Gasteiger partial charge on any atom is -0.460 e. The van der Waals surface area contributed by atoms with Crippen molar-refractivity contribution >= 4 is 23.2 Å². The zero-order valence-electron chi connectivity index (χ0n) is 35.1. The summed E-state index contributed by atoms with van der Waals surface area (Å²) in [4.78, 5) is 43.4. The van der Waals surface area contributed by atoms with Crippen molar-refractivity contribution in [2.24, 2.45) is 20.0 Å². The maximum absolute atomic E-state index is 13.2. The van der Waals surface area contributed by atoms with Crippen LogP contribution in [0.3, 0.4) is 0 Å². The van der Waals surface area contributed by atoms with Crippen LogP contribution in [0.4, 0.5) is 0 Å². The van der Waals surface area contributed by atoms with E-state index in [1.807, 2.05) is 24.3 Å². The maximum atomic E-state index is 13.2. The molecule has 330 valence electrons. The molecule has 0 amide bonds. The molecule has 0 bridgehead atoms. The number of fused-ring (bicyclic) bond motifs is 1. The lowest BCUT2D eigenvalue weighted by Crippen LogP contribution is -2.39. The monoisotopic (exact) mass is 832 g/mol. The van der Waals surface area contributed by atoms with E-state index in [2.05, 4.69) is 0 Å². The molecule has 0 aliphatic heterocycles. The minimum atomic E-state index is -0.482. The Labute approximate surface area is 346 Å². The smallest absolute Gasteiger partial charge is 0.332 e. The van der Waals surface area contributed by atoms with Crippen LogP contribution >= 0.6 is 0 Å². The van der Waals surface area contributed by atoms with Gasteiger partial charge in [-0.15, -0.1) is 0 Å². The molecule has 0 radical (unpaired) electrons. The quantitative estimate of drug-likeness (QED) is 0.0511. The first-order valence-electron chi connectivity index (χ1n) is 20.6. The molecule has 1 aromatic carbocycles. The highest BCUT2D eigenvalue weighted by molar-refractivity contribution is 5.87. The number of benzene rings is 1. The molecule has 0 saturated heterocycles. The van der Waals surface area contributed by atoms with Crippen molar-refractivity contribution in [3.05, 3.63) is 56.7 Å². The number of carbonyl (C=O) groups is 1. The van der Waals surface area contributed by atoms with Crippen molar-refractivity contribution in [1.29, 1.82) is 0 Å². The molecule has 17 nitrogen and oxygen atoms in total. The Morgan fingerprint density at radius 2 is 1.10 bits per heavy atom. The third-order valence-corrected chi connectivity index (χ3v) is 9.61. The van der Waals surface area contributed by atoms with Gasteiger partial charge in [-0.2, -0.15) is 0 Å². The molecule has 0 N–H and O–H groups in total. The van der Waals surface area contributed by atoms with Crippen LogP contribution < -0.4 is 11.2 Å². The van der Waals surface area contributed by atoms with Gasteiger partial charge in [-0.05, 0) is 30.4 Å². The normalized spacial score (nSPS) is 13.6. The van der Waals surface area contributed by atoms with Gasteiger partial charge in [0.2, 0.25) is 0 Å². The van der Waals surface area contributed by atoms with E-state index in [9.17, 15) is 14.4 Å². The predicted molar refractivity (Wildman–Crippen MR) is 221 cm³/mol. The first kappa shape index (κ1) is 47.9. The molecule has 0 atom stereocenters. The van der Waals surface area contributed by atoms with Crippen LogP contribution in [0.1, 0.15) is 37.7 Å². The van der Waals surface area contributed by atoms with Gasteiger partial charge >= 0.3 is 11.7 Å². The first-order valence-corrected chi connectivity index (χ1v) is 20.6. The topological polar surface area (TPSA) is 171 Å². The highest BCUT2D eigenvalue weighted by Gasteiger charge is 2.22. The number of hydrogen-bond donors (Lipinski definition) is 0. The highest BCUT2D eigenvalue weighted by atomic mass is 16.6. The van der Waals surface area contributed by atoms with Gasteiger partial charge in [0.1, 0.15) is 12.4 Å². The molecule has 1 saturated carbocycles. The average molecular weight is 833 g/mol. The lowest BCUT2D eigenvalue weighted by Gasteiger charge is -2.22. The van der Waals surface area contributed by atoms with Crippen molar-refractivity contribution in [1.82, 2.24) is 18.7 Å². The van der Waals surface area contributed by atoms with Crippen molar-refractivity contribution < 1.29 is 52.2 Å². The fraction of sp³-hybridized carbons (Fsp3) is 0.667. The van der Waals surface area contributed by atoms with Crippen molar-refractivity contribution in [2.75, 3.05) is 126 Å². The third kappa shape index (κ3) is 17.4. The van der Waals surface area contributed by atoms with Gasteiger partial charge < -0.3 is 51.9 Å². The van der Waals surface area contributed by atoms with Crippen LogP contribution in [-0.2, 0) is 72.8 Å².